The number of nitrogens with zero attached hydrogens (tertiary/aromatic N) is 3. The monoisotopic (exact) mass is 541 g/mol. The molecule has 206 valence electrons. The smallest absolute Gasteiger partial charge is 0.408 e. The second kappa shape index (κ2) is 10.7. The molecule has 0 bridgehead atoms. The van der Waals surface area contributed by atoms with Crippen LogP contribution in [0.4, 0.5) is 10.5 Å². The summed E-state index contributed by atoms with van der Waals surface area (Å²) in [6.07, 6.45) is 5.34. The van der Waals surface area contributed by atoms with E-state index in [1.165, 1.54) is 0 Å². The Kier molecular flexibility index (Phi) is 7.12. The third-order valence-corrected chi connectivity index (χ3v) is 6.34. The number of aromatic amines is 1. The van der Waals surface area contributed by atoms with Gasteiger partial charge in [0.05, 0.1) is 23.8 Å². The van der Waals surface area contributed by atoms with Crippen LogP contribution in [0.5, 0.6) is 0 Å². The Morgan fingerprint density at radius 3 is 2.62 bits per heavy atom. The molecule has 0 fully saturated rings. The SMILES string of the molecule is Cn1cnc(-c2[nH]c3cc(NC(=O)[C@@H](CCc4ccccc4)NC(=O)OC(C)(C)C)cc4c3c2C=NNC4=O)c1. The Hall–Kier alpha value is -4.93. The third kappa shape index (κ3) is 5.88. The van der Waals surface area contributed by atoms with Gasteiger partial charge in [0.1, 0.15) is 17.3 Å². The molecule has 40 heavy (non-hydrogen) atoms. The number of nitrogens with one attached hydrogen (secondary N) is 4. The Morgan fingerprint density at radius 2 is 1.93 bits per heavy atom. The van der Waals surface area contributed by atoms with E-state index in [0.29, 0.717) is 51.9 Å². The number of imidazole rings is 1. The van der Waals surface area contributed by atoms with Crippen molar-refractivity contribution < 1.29 is 19.1 Å². The molecule has 2 aromatic heterocycles. The summed E-state index contributed by atoms with van der Waals surface area (Å²) in [6, 6.07) is 12.2. The molecule has 0 unspecified atom stereocenters. The fourth-order valence-corrected chi connectivity index (χ4v) is 4.60. The molecule has 1 aliphatic rings. The van der Waals surface area contributed by atoms with E-state index >= 15 is 0 Å². The van der Waals surface area contributed by atoms with Gasteiger partial charge in [0.2, 0.25) is 5.91 Å². The number of hydrazone groups is 1. The lowest BCUT2D eigenvalue weighted by Gasteiger charge is -2.23. The van der Waals surface area contributed by atoms with Gasteiger partial charge >= 0.3 is 6.09 Å². The van der Waals surface area contributed by atoms with Crippen molar-refractivity contribution in [2.24, 2.45) is 12.1 Å². The first-order valence-corrected chi connectivity index (χ1v) is 12.9. The molecule has 2 aromatic carbocycles. The van der Waals surface area contributed by atoms with Crippen LogP contribution in [0.2, 0.25) is 0 Å². The number of anilines is 1. The van der Waals surface area contributed by atoms with Crippen molar-refractivity contribution in [2.45, 2.75) is 45.3 Å². The minimum Gasteiger partial charge on any atom is -0.444 e. The first-order valence-electron chi connectivity index (χ1n) is 12.9. The van der Waals surface area contributed by atoms with Gasteiger partial charge in [-0.3, -0.25) is 9.59 Å². The summed E-state index contributed by atoms with van der Waals surface area (Å²) >= 11 is 0. The Morgan fingerprint density at radius 1 is 1.15 bits per heavy atom. The number of carbonyl (C=O) groups is 3. The molecular formula is C29H31N7O4. The van der Waals surface area contributed by atoms with Gasteiger partial charge in [0, 0.05) is 35.4 Å². The molecule has 0 saturated heterocycles. The van der Waals surface area contributed by atoms with E-state index in [1.54, 1.807) is 45.4 Å². The van der Waals surface area contributed by atoms with Crippen LogP contribution < -0.4 is 16.1 Å². The highest BCUT2D eigenvalue weighted by molar-refractivity contribution is 6.18. The number of benzene rings is 2. The normalized spacial score (nSPS) is 13.4. The van der Waals surface area contributed by atoms with Crippen molar-refractivity contribution in [3.8, 4) is 11.4 Å². The summed E-state index contributed by atoms with van der Waals surface area (Å²) < 4.78 is 7.22. The molecule has 11 heteroatoms. The number of aromatic nitrogens is 3. The maximum absolute atomic E-state index is 13.5. The number of H-pyrrole nitrogens is 1. The highest BCUT2D eigenvalue weighted by atomic mass is 16.6. The molecule has 0 saturated carbocycles. The number of ether oxygens (including phenoxy) is 1. The summed E-state index contributed by atoms with van der Waals surface area (Å²) in [7, 11) is 1.87. The zero-order chi connectivity index (χ0) is 28.4. The van der Waals surface area contributed by atoms with Gasteiger partial charge in [-0.1, -0.05) is 30.3 Å². The van der Waals surface area contributed by atoms with Gasteiger partial charge in [-0.05, 0) is 51.3 Å². The van der Waals surface area contributed by atoms with Gasteiger partial charge in [-0.15, -0.1) is 0 Å². The number of hydrogen-bond acceptors (Lipinski definition) is 6. The zero-order valence-corrected chi connectivity index (χ0v) is 22.7. The van der Waals surface area contributed by atoms with E-state index in [0.717, 1.165) is 5.56 Å². The number of alkyl carbamates (subject to hydrolysis) is 1. The lowest BCUT2D eigenvalue weighted by atomic mass is 10.0. The number of hydrogen-bond donors (Lipinski definition) is 4. The standard InChI is InChI=1S/C29H31N7O4/c1-29(2,3)40-28(39)34-21(11-10-17-8-6-5-7-9-17)27(38)32-18-12-19-24-20(14-31-35-26(19)37)25(33-22(24)13-18)23-15-36(4)16-30-23/h5-9,12-16,21,33H,10-11H2,1-4H3,(H,32,38)(H,34,39)(H,35,37)/t21-/m1/s1. The fourth-order valence-electron chi connectivity index (χ4n) is 4.60. The fraction of sp³-hybridized carbons (Fsp3) is 0.276. The van der Waals surface area contributed by atoms with E-state index in [1.807, 2.05) is 48.1 Å². The van der Waals surface area contributed by atoms with Crippen LogP contribution in [0.25, 0.3) is 22.3 Å². The molecule has 4 N–H and O–H groups in total. The van der Waals surface area contributed by atoms with Crippen molar-refractivity contribution >= 4 is 40.7 Å². The van der Waals surface area contributed by atoms with Crippen LogP contribution in [0.1, 0.15) is 48.7 Å². The highest BCUT2D eigenvalue weighted by Gasteiger charge is 2.27. The van der Waals surface area contributed by atoms with Crippen LogP contribution in [0.15, 0.2) is 60.1 Å². The van der Waals surface area contributed by atoms with Gasteiger partial charge in [0.25, 0.3) is 5.91 Å². The average Bonchev–Trinajstić information content (AvgIpc) is 3.44. The van der Waals surface area contributed by atoms with E-state index in [-0.39, 0.29) is 0 Å². The average molecular weight is 542 g/mol. The van der Waals surface area contributed by atoms with E-state index in [4.69, 9.17) is 4.74 Å². The molecule has 0 radical (unpaired) electrons. The van der Waals surface area contributed by atoms with Crippen molar-refractivity contribution in [2.75, 3.05) is 5.32 Å². The lowest BCUT2D eigenvalue weighted by molar-refractivity contribution is -0.118. The number of amides is 3. The molecule has 3 heterocycles. The maximum Gasteiger partial charge on any atom is 0.408 e. The molecule has 0 aliphatic carbocycles. The van der Waals surface area contributed by atoms with Crippen molar-refractivity contribution in [3.05, 3.63) is 71.7 Å². The van der Waals surface area contributed by atoms with Gasteiger partial charge in [-0.2, -0.15) is 5.10 Å². The third-order valence-electron chi connectivity index (χ3n) is 6.34. The predicted molar refractivity (Wildman–Crippen MR) is 152 cm³/mol. The van der Waals surface area contributed by atoms with Crippen molar-refractivity contribution in [3.63, 3.8) is 0 Å². The van der Waals surface area contributed by atoms with Crippen molar-refractivity contribution in [1.82, 2.24) is 25.3 Å². The zero-order valence-electron chi connectivity index (χ0n) is 22.7. The van der Waals surface area contributed by atoms with E-state index in [9.17, 15) is 14.4 Å². The molecule has 1 aliphatic heterocycles. The minimum absolute atomic E-state index is 0.342. The number of carbonyl (C=O) groups excluding carboxylic acids is 3. The first kappa shape index (κ1) is 26.7. The molecular weight excluding hydrogens is 510 g/mol. The summed E-state index contributed by atoms with van der Waals surface area (Å²) in [6.45, 7) is 5.27. The molecule has 11 nitrogen and oxygen atoms in total. The van der Waals surface area contributed by atoms with E-state index in [2.05, 4.69) is 31.1 Å². The van der Waals surface area contributed by atoms with Crippen LogP contribution >= 0.6 is 0 Å². The number of aryl methyl sites for hydroxylation is 2. The van der Waals surface area contributed by atoms with Gasteiger partial charge in [-0.25, -0.2) is 15.2 Å². The Bertz CT molecular complexity index is 1610. The van der Waals surface area contributed by atoms with Gasteiger partial charge < -0.3 is 24.9 Å². The maximum atomic E-state index is 13.5. The molecule has 0 spiro atoms. The predicted octanol–water partition coefficient (Wildman–Crippen LogP) is 4.11. The lowest BCUT2D eigenvalue weighted by Crippen LogP contribution is -2.46. The molecule has 3 amide bonds. The highest BCUT2D eigenvalue weighted by Crippen LogP contribution is 2.34. The van der Waals surface area contributed by atoms with Crippen molar-refractivity contribution in [1.29, 1.82) is 0 Å². The second-order valence-electron chi connectivity index (χ2n) is 10.7. The molecule has 4 aromatic rings. The minimum atomic E-state index is -0.884. The largest absolute Gasteiger partial charge is 0.444 e. The molecule has 1 atom stereocenters. The summed E-state index contributed by atoms with van der Waals surface area (Å²) in [5.41, 5.74) is 6.30. The van der Waals surface area contributed by atoms with Crippen LogP contribution in [0, 0.1) is 0 Å². The summed E-state index contributed by atoms with van der Waals surface area (Å²) in [5, 5.41) is 10.3. The second-order valence-corrected chi connectivity index (χ2v) is 10.7. The Labute approximate surface area is 231 Å². The van der Waals surface area contributed by atoms with Gasteiger partial charge in [0.15, 0.2) is 0 Å². The molecule has 5 rings (SSSR count). The first-order chi connectivity index (χ1) is 19.1. The quantitative estimate of drug-likeness (QED) is 0.279. The van der Waals surface area contributed by atoms with Crippen LogP contribution in [-0.4, -0.2) is 50.3 Å². The van der Waals surface area contributed by atoms with Crippen LogP contribution in [-0.2, 0) is 23.0 Å². The Balaban J connectivity index is 1.45. The van der Waals surface area contributed by atoms with Crippen LogP contribution in [0.3, 0.4) is 0 Å². The summed E-state index contributed by atoms with van der Waals surface area (Å²) in [4.78, 5) is 46.8. The summed E-state index contributed by atoms with van der Waals surface area (Å²) in [5.74, 6) is -0.842. The van der Waals surface area contributed by atoms with E-state index < -0.39 is 29.6 Å². The number of rotatable bonds is 7. The topological polar surface area (TPSA) is 142 Å².